The van der Waals surface area contributed by atoms with Gasteiger partial charge in [0.05, 0.1) is 43.2 Å². The molecule has 5 rings (SSSR count). The summed E-state index contributed by atoms with van der Waals surface area (Å²) < 4.78 is 48.0. The number of nitro benzene ring substituents is 1. The highest BCUT2D eigenvalue weighted by Crippen LogP contribution is 2.57. The van der Waals surface area contributed by atoms with Gasteiger partial charge in [-0.15, -0.1) is 0 Å². The van der Waals surface area contributed by atoms with E-state index in [9.17, 15) is 34.2 Å². The summed E-state index contributed by atoms with van der Waals surface area (Å²) in [6, 6.07) is 4.79. The fraction of sp³-hybridized carbons (Fsp3) is 0.562. The van der Waals surface area contributed by atoms with Crippen LogP contribution in [0.3, 0.4) is 0 Å². The van der Waals surface area contributed by atoms with E-state index in [-0.39, 0.29) is 47.9 Å². The Kier molecular flexibility index (Phi) is 12.9. The van der Waals surface area contributed by atoms with Crippen LogP contribution in [0.4, 0.5) is 11.5 Å². The summed E-state index contributed by atoms with van der Waals surface area (Å²) in [6.45, 7) is 10.8. The number of phosphoric acid groups is 1. The number of nitrogens with two attached hydrogens (primary N) is 1. The predicted octanol–water partition coefficient (Wildman–Crippen LogP) is 3.52. The fourth-order valence-electron chi connectivity index (χ4n) is 5.55. The maximum Gasteiger partial charge on any atom is 0.475 e. The molecule has 5 atom stereocenters. The number of hydrogen-bond donors (Lipinski definition) is 2. The molecule has 1 aromatic carbocycles. The molecule has 2 aliphatic rings. The molecule has 1 unspecified atom stereocenters. The number of imidazole rings is 1. The third-order valence-corrected chi connectivity index (χ3v) is 13.5. The van der Waals surface area contributed by atoms with E-state index in [1.54, 1.807) is 0 Å². The van der Waals surface area contributed by atoms with Crippen LogP contribution < -0.4 is 5.73 Å². The molecule has 300 valence electrons. The zero-order valence-electron chi connectivity index (χ0n) is 31.4. The number of nitrogen functional groups attached to an aromatic ring is 1. The number of nitrogens with zero attached hydrogens (tertiary/aromatic N) is 6. The normalized spacial score (nSPS) is 22.6. The van der Waals surface area contributed by atoms with Gasteiger partial charge in [-0.25, -0.2) is 19.5 Å². The van der Waals surface area contributed by atoms with Gasteiger partial charge in [0.25, 0.3) is 11.6 Å². The van der Waals surface area contributed by atoms with E-state index in [2.05, 4.69) is 54.2 Å². The Morgan fingerprint density at radius 2 is 1.69 bits per heavy atom. The number of phosphoric ester groups is 1. The quantitative estimate of drug-likeness (QED) is 0.0688. The lowest BCUT2D eigenvalue weighted by Gasteiger charge is -2.30. The van der Waals surface area contributed by atoms with Gasteiger partial charge in [0, 0.05) is 27.8 Å². The molecule has 0 saturated carbocycles. The van der Waals surface area contributed by atoms with Crippen molar-refractivity contribution in [3.05, 3.63) is 52.1 Å². The highest BCUT2D eigenvalue weighted by Gasteiger charge is 2.53. The van der Waals surface area contributed by atoms with Gasteiger partial charge in [-0.2, -0.15) is 0 Å². The van der Waals surface area contributed by atoms with Crippen LogP contribution in [0.5, 0.6) is 0 Å². The highest BCUT2D eigenvalue weighted by molar-refractivity contribution is 7.48. The zero-order valence-corrected chi connectivity index (χ0v) is 34.3. The van der Waals surface area contributed by atoms with Crippen molar-refractivity contribution >= 4 is 64.5 Å². The van der Waals surface area contributed by atoms with Gasteiger partial charge < -0.3 is 30.0 Å². The number of carbonyl (C=O) groups excluding carboxylic acids is 3. The molecule has 0 spiro atoms. The monoisotopic (exact) mass is 823 g/mol. The Labute approximate surface area is 318 Å². The van der Waals surface area contributed by atoms with Gasteiger partial charge in [0.1, 0.15) is 43.2 Å². The first-order chi connectivity index (χ1) is 25.7. The molecule has 2 saturated heterocycles. The van der Waals surface area contributed by atoms with E-state index < -0.39 is 96.7 Å². The summed E-state index contributed by atoms with van der Waals surface area (Å²) in [5, 5.41) is 23.3. The molecule has 1 amide bonds. The van der Waals surface area contributed by atoms with Gasteiger partial charge in [-0.1, -0.05) is 39.3 Å². The predicted molar refractivity (Wildman–Crippen MR) is 200 cm³/mol. The Hall–Kier alpha value is -4.16. The van der Waals surface area contributed by atoms with Crippen molar-refractivity contribution in [2.45, 2.75) is 82.5 Å². The number of aliphatic hydroxyl groups excluding tert-OH is 1. The summed E-state index contributed by atoms with van der Waals surface area (Å²) in [5.74, 6) is -2.24. The zero-order chi connectivity index (χ0) is 40.3. The second-order valence-corrected chi connectivity index (χ2v) is 28.4. The van der Waals surface area contributed by atoms with E-state index in [1.165, 1.54) is 29.4 Å². The average molecular weight is 824 g/mol. The third kappa shape index (κ3) is 10.8. The fourth-order valence-corrected chi connectivity index (χ4v) is 8.36. The Morgan fingerprint density at radius 1 is 1.05 bits per heavy atom. The lowest BCUT2D eigenvalue weighted by Crippen LogP contribution is -2.41. The topological polar surface area (TPSA) is 260 Å². The summed E-state index contributed by atoms with van der Waals surface area (Å²) in [7, 11) is -7.49. The molecule has 2 fully saturated rings. The number of aromatic nitrogens is 4. The van der Waals surface area contributed by atoms with Gasteiger partial charge in [0.15, 0.2) is 17.7 Å². The third-order valence-electron chi connectivity index (χ3n) is 8.68. The van der Waals surface area contributed by atoms with Gasteiger partial charge in [0.2, 0.25) is 0 Å². The first-order valence-corrected chi connectivity index (χ1v) is 26.3. The van der Waals surface area contributed by atoms with E-state index in [0.717, 1.165) is 11.0 Å². The second kappa shape index (κ2) is 16.9. The molecule has 20 nitrogen and oxygen atoms in total. The number of esters is 2. The molecule has 3 aromatic rings. The van der Waals surface area contributed by atoms with Crippen molar-refractivity contribution in [3.8, 4) is 0 Å². The minimum Gasteiger partial charge on any atom is -0.465 e. The lowest BCUT2D eigenvalue weighted by atomic mass is 10.1. The number of anilines is 1. The number of carbonyl (C=O) groups is 3. The van der Waals surface area contributed by atoms with Crippen LogP contribution in [0.2, 0.25) is 51.4 Å². The second-order valence-electron chi connectivity index (χ2n) is 15.5. The number of rotatable bonds is 16. The van der Waals surface area contributed by atoms with Crippen molar-refractivity contribution in [1.82, 2.24) is 24.4 Å². The van der Waals surface area contributed by atoms with E-state index in [1.807, 2.05) is 0 Å². The van der Waals surface area contributed by atoms with Crippen molar-refractivity contribution in [2.24, 2.45) is 0 Å². The molecule has 2 aromatic heterocycles. The SMILES string of the molecule is C[Si](C)(C)CCOC(=O)CN(CC(=O)OCC[Si](C)(C)C)C(=O)c1ccc(COP2(=O)OC[C@H]3O[C@@H](n4cnc5c(N)ncnc54)[C@H](O)[C@@H]3O2)c([N+](=O)[O-])c1. The Balaban J connectivity index is 1.27. The van der Waals surface area contributed by atoms with E-state index in [0.29, 0.717) is 12.1 Å². The first kappa shape index (κ1) is 42.0. The molecular weight excluding hydrogens is 778 g/mol. The number of fused-ring (bicyclic) bond motifs is 2. The van der Waals surface area contributed by atoms with Crippen LogP contribution in [0.1, 0.15) is 22.1 Å². The maximum atomic E-state index is 13.7. The smallest absolute Gasteiger partial charge is 0.465 e. The summed E-state index contributed by atoms with van der Waals surface area (Å²) >= 11 is 0. The van der Waals surface area contributed by atoms with Gasteiger partial charge >= 0.3 is 19.8 Å². The number of amides is 1. The molecular formula is C32H46N7O13PSi2. The van der Waals surface area contributed by atoms with Crippen LogP contribution in [0, 0.1) is 10.1 Å². The molecule has 0 radical (unpaired) electrons. The standard InChI is InChI=1S/C32H46N7O13PSi2/c1-54(2,3)11-9-47-24(40)14-37(15-25(41)48-10-12-55(4,5)6)31(43)20-7-8-21(22(13-20)39(44)45)16-49-53(46)50-17-23-28(52-53)27(42)32(51-23)38-19-36-26-29(33)34-18-35-30(26)38/h7-8,13,18-19,23,27-28,32,42H,9-12,14-17H2,1-6H3,(H2,33,34,35)/t23-,27-,28-,32-,53?/m1/s1. The molecule has 23 heteroatoms. The summed E-state index contributed by atoms with van der Waals surface area (Å²) in [5.41, 5.74) is 5.54. The van der Waals surface area contributed by atoms with Crippen LogP contribution in [0.25, 0.3) is 11.2 Å². The largest absolute Gasteiger partial charge is 0.475 e. The minimum atomic E-state index is -4.42. The number of ether oxygens (including phenoxy) is 3. The van der Waals surface area contributed by atoms with Crippen LogP contribution in [-0.4, -0.2) is 120 Å². The number of aliphatic hydroxyl groups is 1. The number of nitro groups is 1. The first-order valence-electron chi connectivity index (χ1n) is 17.5. The lowest BCUT2D eigenvalue weighted by molar-refractivity contribution is -0.385. The van der Waals surface area contributed by atoms with Gasteiger partial charge in [-0.05, 0) is 24.2 Å². The van der Waals surface area contributed by atoms with Crippen molar-refractivity contribution < 1.29 is 56.8 Å². The Morgan fingerprint density at radius 3 is 2.29 bits per heavy atom. The summed E-state index contributed by atoms with van der Waals surface area (Å²) in [4.78, 5) is 63.8. The Bertz CT molecular complexity index is 1940. The molecule has 3 N–H and O–H groups in total. The number of hydrogen-bond acceptors (Lipinski definition) is 17. The van der Waals surface area contributed by atoms with Crippen molar-refractivity contribution in [3.63, 3.8) is 0 Å². The molecule has 4 heterocycles. The average Bonchev–Trinajstić information content (AvgIpc) is 3.66. The van der Waals surface area contributed by atoms with E-state index in [4.69, 9.17) is 33.5 Å². The van der Waals surface area contributed by atoms with Crippen LogP contribution in [0.15, 0.2) is 30.9 Å². The number of benzene rings is 1. The van der Waals surface area contributed by atoms with Crippen molar-refractivity contribution in [2.75, 3.05) is 38.6 Å². The van der Waals surface area contributed by atoms with Crippen molar-refractivity contribution in [1.29, 1.82) is 0 Å². The molecule has 2 aliphatic heterocycles. The summed E-state index contributed by atoms with van der Waals surface area (Å²) in [6.07, 6.45) is -1.95. The van der Waals surface area contributed by atoms with E-state index >= 15 is 0 Å². The minimum absolute atomic E-state index is 0.0996. The van der Waals surface area contributed by atoms with Crippen LogP contribution in [-0.2, 0) is 48.5 Å². The highest BCUT2D eigenvalue weighted by atomic mass is 31.2. The molecule has 0 aliphatic carbocycles. The molecule has 55 heavy (non-hydrogen) atoms. The van der Waals surface area contributed by atoms with Gasteiger partial charge in [-0.3, -0.25) is 42.6 Å². The maximum absolute atomic E-state index is 13.7. The van der Waals surface area contributed by atoms with Crippen LogP contribution >= 0.6 is 7.82 Å². The molecule has 0 bridgehead atoms.